The van der Waals surface area contributed by atoms with Crippen molar-refractivity contribution in [3.63, 3.8) is 0 Å². The Morgan fingerprint density at radius 3 is 1.00 bits per heavy atom. The van der Waals surface area contributed by atoms with Gasteiger partial charge in [0.15, 0.2) is 0 Å². The Labute approximate surface area is 262 Å². The summed E-state index contributed by atoms with van der Waals surface area (Å²) in [6, 6.07) is 21.3. The number of sulfonamides is 2. The normalized spacial score (nSPS) is 10.8. The summed E-state index contributed by atoms with van der Waals surface area (Å²) in [6.07, 6.45) is 0. The molecule has 0 aliphatic carbocycles. The number of nitrogens with one attached hydrogen (secondary N) is 4. The minimum absolute atomic E-state index is 0.00459. The fourth-order valence-corrected chi connectivity index (χ4v) is 5.69. The van der Waals surface area contributed by atoms with Gasteiger partial charge in [-0.1, -0.05) is 0 Å². The summed E-state index contributed by atoms with van der Waals surface area (Å²) in [5, 5.41) is 26.2. The number of nitrogens with zero attached hydrogens (tertiary/aromatic N) is 2. The van der Waals surface area contributed by atoms with Crippen molar-refractivity contribution in [3.05, 3.63) is 117 Å². The summed E-state index contributed by atoms with van der Waals surface area (Å²) in [5.41, 5.74) is 1.11. The van der Waals surface area contributed by atoms with Gasteiger partial charge in [-0.3, -0.25) is 39.3 Å². The van der Waals surface area contributed by atoms with E-state index in [-0.39, 0.29) is 44.4 Å². The molecule has 18 heteroatoms. The lowest BCUT2D eigenvalue weighted by Crippen LogP contribution is -2.13. The van der Waals surface area contributed by atoms with Gasteiger partial charge in [0.1, 0.15) is 0 Å². The van der Waals surface area contributed by atoms with Crippen molar-refractivity contribution in [2.24, 2.45) is 0 Å². The van der Waals surface area contributed by atoms with Crippen LogP contribution in [0.1, 0.15) is 13.8 Å². The highest BCUT2D eigenvalue weighted by molar-refractivity contribution is 7.93. The highest BCUT2D eigenvalue weighted by atomic mass is 32.2. The van der Waals surface area contributed by atoms with Crippen LogP contribution in [0.4, 0.5) is 34.1 Å². The molecule has 0 aromatic heterocycles. The molecule has 0 aliphatic rings. The predicted molar refractivity (Wildman–Crippen MR) is 169 cm³/mol. The maximum atomic E-state index is 12.2. The smallest absolute Gasteiger partial charge is 0.269 e. The Morgan fingerprint density at radius 2 is 0.761 bits per heavy atom. The van der Waals surface area contributed by atoms with E-state index in [1.54, 1.807) is 0 Å². The van der Waals surface area contributed by atoms with E-state index in [0.29, 0.717) is 11.4 Å². The number of hydrogen-bond acceptors (Lipinski definition) is 10. The summed E-state index contributed by atoms with van der Waals surface area (Å²) in [4.78, 5) is 41.8. The monoisotopic (exact) mass is 670 g/mol. The largest absolute Gasteiger partial charge is 0.326 e. The number of nitro benzene ring substituents is 2. The van der Waals surface area contributed by atoms with Gasteiger partial charge >= 0.3 is 0 Å². The van der Waals surface area contributed by atoms with E-state index in [4.69, 9.17) is 0 Å². The van der Waals surface area contributed by atoms with E-state index in [2.05, 4.69) is 20.1 Å². The molecule has 4 rings (SSSR count). The second-order valence-electron chi connectivity index (χ2n) is 9.23. The van der Waals surface area contributed by atoms with Crippen molar-refractivity contribution in [1.29, 1.82) is 0 Å². The van der Waals surface area contributed by atoms with Gasteiger partial charge in [0.05, 0.1) is 19.6 Å². The van der Waals surface area contributed by atoms with Gasteiger partial charge < -0.3 is 10.6 Å². The van der Waals surface area contributed by atoms with Gasteiger partial charge in [-0.15, -0.1) is 0 Å². The molecule has 0 bridgehead atoms. The number of non-ortho nitro benzene ring substituents is 2. The van der Waals surface area contributed by atoms with E-state index in [9.17, 15) is 46.7 Å². The van der Waals surface area contributed by atoms with Gasteiger partial charge in [-0.2, -0.15) is 0 Å². The molecule has 4 aromatic rings. The predicted octanol–water partition coefficient (Wildman–Crippen LogP) is 4.71. The fourth-order valence-electron chi connectivity index (χ4n) is 3.57. The number of amides is 2. The van der Waals surface area contributed by atoms with Crippen LogP contribution >= 0.6 is 0 Å². The Hall–Kier alpha value is -5.88. The lowest BCUT2D eigenvalue weighted by Gasteiger charge is -2.09. The number of benzene rings is 4. The maximum absolute atomic E-state index is 12.2. The highest BCUT2D eigenvalue weighted by Crippen LogP contribution is 2.22. The lowest BCUT2D eigenvalue weighted by atomic mass is 10.3. The van der Waals surface area contributed by atoms with Gasteiger partial charge in [-0.25, -0.2) is 16.8 Å². The molecular weight excluding hydrogens is 644 g/mol. The van der Waals surface area contributed by atoms with Crippen LogP contribution < -0.4 is 20.1 Å². The van der Waals surface area contributed by atoms with Crippen molar-refractivity contribution >= 4 is 66.0 Å². The van der Waals surface area contributed by atoms with Crippen molar-refractivity contribution in [1.82, 2.24) is 0 Å². The van der Waals surface area contributed by atoms with Crippen LogP contribution in [-0.2, 0) is 29.6 Å². The number of rotatable bonds is 10. The minimum atomic E-state index is -3.82. The van der Waals surface area contributed by atoms with Crippen LogP contribution in [0, 0.1) is 20.2 Å². The highest BCUT2D eigenvalue weighted by Gasteiger charge is 2.16. The number of anilines is 4. The Morgan fingerprint density at radius 1 is 0.500 bits per heavy atom. The number of carbonyl (C=O) groups is 2. The zero-order chi connectivity index (χ0) is 34.1. The molecule has 4 N–H and O–H groups in total. The SMILES string of the molecule is CC(=O)Nc1ccc(S(=O)(=O)Nc2ccc([N+](=O)[O-])cc2)cc1.CC(=O)Nc1ccc(S(=O)(=O)Nc2ccc([N+](=O)[O-])cc2)cc1. The topological polar surface area (TPSA) is 237 Å². The second-order valence-corrected chi connectivity index (χ2v) is 12.6. The molecule has 0 spiro atoms. The molecule has 46 heavy (non-hydrogen) atoms. The third kappa shape index (κ3) is 10.1. The molecule has 0 radical (unpaired) electrons. The molecular formula is C28H26N6O10S2. The van der Waals surface area contributed by atoms with Crippen molar-refractivity contribution in [3.8, 4) is 0 Å². The molecule has 0 fully saturated rings. The van der Waals surface area contributed by atoms with E-state index in [1.807, 2.05) is 0 Å². The first-order valence-electron chi connectivity index (χ1n) is 12.9. The third-order valence-electron chi connectivity index (χ3n) is 5.63. The van der Waals surface area contributed by atoms with Crippen molar-refractivity contribution in [2.45, 2.75) is 23.6 Å². The molecule has 2 amide bonds. The molecule has 0 aliphatic heterocycles. The minimum Gasteiger partial charge on any atom is -0.326 e. The van der Waals surface area contributed by atoms with E-state index < -0.39 is 29.9 Å². The number of nitro groups is 2. The van der Waals surface area contributed by atoms with Gasteiger partial charge in [0.2, 0.25) is 11.8 Å². The van der Waals surface area contributed by atoms with Crippen LogP contribution in [0.3, 0.4) is 0 Å². The van der Waals surface area contributed by atoms with Crippen molar-refractivity contribution < 1.29 is 36.3 Å². The van der Waals surface area contributed by atoms with Gasteiger partial charge in [0.25, 0.3) is 31.4 Å². The van der Waals surface area contributed by atoms with Crippen LogP contribution in [0.5, 0.6) is 0 Å². The summed E-state index contributed by atoms with van der Waals surface area (Å²) < 4.78 is 53.5. The van der Waals surface area contributed by atoms with Gasteiger partial charge in [0, 0.05) is 60.9 Å². The average molecular weight is 671 g/mol. The Bertz CT molecular complexity index is 1800. The average Bonchev–Trinajstić information content (AvgIpc) is 2.97. The lowest BCUT2D eigenvalue weighted by molar-refractivity contribution is -0.385. The second kappa shape index (κ2) is 14.7. The van der Waals surface area contributed by atoms with E-state index in [0.717, 1.165) is 0 Å². The zero-order valence-corrected chi connectivity index (χ0v) is 25.7. The molecule has 0 heterocycles. The summed E-state index contributed by atoms with van der Waals surface area (Å²) >= 11 is 0. The third-order valence-corrected chi connectivity index (χ3v) is 8.43. The standard InChI is InChI=1S/2C14H13N3O5S/c2*1-10(18)15-11-4-8-14(9-5-11)23(21,22)16-12-2-6-13(7-3-12)17(19)20/h2*2-9,16H,1H3,(H,15,18). The van der Waals surface area contributed by atoms with E-state index in [1.165, 1.54) is 111 Å². The first-order chi connectivity index (χ1) is 21.6. The van der Waals surface area contributed by atoms with Crippen LogP contribution in [-0.4, -0.2) is 38.5 Å². The fraction of sp³-hybridized carbons (Fsp3) is 0.0714. The van der Waals surface area contributed by atoms with Gasteiger partial charge in [-0.05, 0) is 72.8 Å². The Kier molecular flexibility index (Phi) is 11.1. The molecule has 0 atom stereocenters. The van der Waals surface area contributed by atoms with Crippen LogP contribution in [0.25, 0.3) is 0 Å². The molecule has 0 saturated heterocycles. The summed E-state index contributed by atoms with van der Waals surface area (Å²) in [5.74, 6) is -0.519. The first-order valence-corrected chi connectivity index (χ1v) is 15.8. The summed E-state index contributed by atoms with van der Waals surface area (Å²) in [7, 11) is -7.65. The van der Waals surface area contributed by atoms with Crippen LogP contribution in [0.15, 0.2) is 107 Å². The molecule has 4 aromatic carbocycles. The quantitative estimate of drug-likeness (QED) is 0.134. The Balaban J connectivity index is 0.000000250. The summed E-state index contributed by atoms with van der Waals surface area (Å²) in [6.45, 7) is 2.70. The number of carbonyl (C=O) groups excluding carboxylic acids is 2. The van der Waals surface area contributed by atoms with Crippen molar-refractivity contribution in [2.75, 3.05) is 20.1 Å². The zero-order valence-electron chi connectivity index (χ0n) is 24.0. The molecule has 16 nitrogen and oxygen atoms in total. The first kappa shape index (κ1) is 34.6. The maximum Gasteiger partial charge on any atom is 0.269 e. The molecule has 240 valence electrons. The number of hydrogen-bond donors (Lipinski definition) is 4. The van der Waals surface area contributed by atoms with E-state index >= 15 is 0 Å². The molecule has 0 saturated carbocycles. The molecule has 0 unspecified atom stereocenters. The van der Waals surface area contributed by atoms with Crippen LogP contribution in [0.2, 0.25) is 0 Å².